The van der Waals surface area contributed by atoms with E-state index in [-0.39, 0.29) is 5.54 Å². The van der Waals surface area contributed by atoms with Gasteiger partial charge in [-0.3, -0.25) is 19.5 Å². The van der Waals surface area contributed by atoms with Crippen LogP contribution in [-0.4, -0.2) is 96.0 Å². The van der Waals surface area contributed by atoms with E-state index in [9.17, 15) is 4.79 Å². The fourth-order valence-electron chi connectivity index (χ4n) is 9.44. The van der Waals surface area contributed by atoms with Gasteiger partial charge in [-0.25, -0.2) is 0 Å². The van der Waals surface area contributed by atoms with Crippen molar-refractivity contribution < 1.29 is 4.79 Å². The van der Waals surface area contributed by atoms with Gasteiger partial charge in [0.1, 0.15) is 0 Å². The summed E-state index contributed by atoms with van der Waals surface area (Å²) in [4.78, 5) is 24.5. The minimum atomic E-state index is 0.0554. The molecule has 2 unspecified atom stereocenters. The molecule has 0 N–H and O–H groups in total. The maximum absolute atomic E-state index is 14.2. The smallest absolute Gasteiger partial charge is 0.236 e. The molecule has 0 aromatic heterocycles. The Hall–Kier alpha value is -2.21. The zero-order chi connectivity index (χ0) is 27.6. The molecule has 6 aliphatic rings. The van der Waals surface area contributed by atoms with Gasteiger partial charge in [0.2, 0.25) is 5.91 Å². The molecule has 2 saturated carbocycles. The Morgan fingerprint density at radius 2 is 1.29 bits per heavy atom. The summed E-state index contributed by atoms with van der Waals surface area (Å²) < 4.78 is 0. The lowest BCUT2D eigenvalue weighted by molar-refractivity contribution is -0.134. The highest BCUT2D eigenvalue weighted by atomic mass is 16.2. The Morgan fingerprint density at radius 3 is 1.88 bits per heavy atom. The largest absolute Gasteiger partial charge is 0.339 e. The molecule has 4 saturated heterocycles. The lowest BCUT2D eigenvalue weighted by Crippen LogP contribution is -2.57. The van der Waals surface area contributed by atoms with E-state index in [1.54, 1.807) is 0 Å². The molecule has 2 aromatic carbocycles. The maximum atomic E-state index is 14.2. The number of likely N-dealkylation sites (tertiary alicyclic amines) is 1. The molecule has 1 amide bonds. The number of benzene rings is 2. The van der Waals surface area contributed by atoms with Crippen molar-refractivity contribution in [3.63, 3.8) is 0 Å². The molecule has 5 nitrogen and oxygen atoms in total. The first-order valence-electron chi connectivity index (χ1n) is 16.8. The number of fused-ring (bicyclic) bond motifs is 4. The summed E-state index contributed by atoms with van der Waals surface area (Å²) in [6.45, 7) is 9.07. The van der Waals surface area contributed by atoms with Crippen LogP contribution in [-0.2, 0) is 4.79 Å². The van der Waals surface area contributed by atoms with E-state index in [2.05, 4.69) is 80.3 Å². The van der Waals surface area contributed by atoms with E-state index in [1.807, 2.05) is 0 Å². The van der Waals surface area contributed by atoms with Gasteiger partial charge >= 0.3 is 0 Å². The van der Waals surface area contributed by atoms with Crippen molar-refractivity contribution in [2.45, 2.75) is 81.2 Å². The predicted octanol–water partition coefficient (Wildman–Crippen LogP) is 5.59. The number of piperazine rings is 1. The summed E-state index contributed by atoms with van der Waals surface area (Å²) in [5.41, 5.74) is 2.99. The summed E-state index contributed by atoms with van der Waals surface area (Å²) in [6, 6.07) is 23.3. The van der Waals surface area contributed by atoms with Crippen molar-refractivity contribution >= 4 is 5.91 Å². The van der Waals surface area contributed by atoms with Crippen LogP contribution in [0.2, 0.25) is 0 Å². The van der Waals surface area contributed by atoms with Gasteiger partial charge < -0.3 is 4.90 Å². The average Bonchev–Trinajstić information content (AvgIpc) is 3.47. The van der Waals surface area contributed by atoms with E-state index in [1.165, 1.54) is 82.0 Å². The third kappa shape index (κ3) is 5.75. The minimum absolute atomic E-state index is 0.0554. The summed E-state index contributed by atoms with van der Waals surface area (Å²) in [6.07, 6.45) is 11.9. The molecule has 4 aliphatic heterocycles. The number of carbonyl (C=O) groups is 1. The first-order valence-corrected chi connectivity index (χ1v) is 16.8. The highest BCUT2D eigenvalue weighted by Crippen LogP contribution is 2.55. The van der Waals surface area contributed by atoms with Crippen LogP contribution >= 0.6 is 0 Å². The SMILES string of the molecule is O=C(CN1CCN(C2CCCCC2)CC1)N1CC2C(c3ccccc3)CC(N3CCCC3)(CC2c2ccccc2)C1. The van der Waals surface area contributed by atoms with Crippen LogP contribution in [0.4, 0.5) is 0 Å². The van der Waals surface area contributed by atoms with Gasteiger partial charge in [0.25, 0.3) is 0 Å². The first kappa shape index (κ1) is 27.6. The molecule has 2 aliphatic carbocycles. The fraction of sp³-hybridized carbons (Fsp3) is 0.639. The van der Waals surface area contributed by atoms with Crippen LogP contribution < -0.4 is 0 Å². The summed E-state index contributed by atoms with van der Waals surface area (Å²) >= 11 is 0. The van der Waals surface area contributed by atoms with Crippen molar-refractivity contribution in [2.24, 2.45) is 5.92 Å². The molecule has 41 heavy (non-hydrogen) atoms. The van der Waals surface area contributed by atoms with Gasteiger partial charge in [-0.1, -0.05) is 79.9 Å². The van der Waals surface area contributed by atoms with Crippen LogP contribution in [0.1, 0.15) is 80.8 Å². The predicted molar refractivity (Wildman–Crippen MR) is 166 cm³/mol. The van der Waals surface area contributed by atoms with Crippen molar-refractivity contribution in [2.75, 3.05) is 58.9 Å². The number of rotatable bonds is 6. The van der Waals surface area contributed by atoms with Crippen molar-refractivity contribution in [3.05, 3.63) is 71.8 Å². The van der Waals surface area contributed by atoms with Gasteiger partial charge in [-0.2, -0.15) is 0 Å². The summed E-state index contributed by atoms with van der Waals surface area (Å²) in [5.74, 6) is 1.78. The Kier molecular flexibility index (Phi) is 8.21. The number of nitrogens with zero attached hydrogens (tertiary/aromatic N) is 4. The number of carbonyl (C=O) groups excluding carboxylic acids is 1. The zero-order valence-electron chi connectivity index (χ0n) is 25.0. The second-order valence-corrected chi connectivity index (χ2v) is 13.9. The second kappa shape index (κ2) is 12.2. The average molecular weight is 555 g/mol. The molecule has 6 fully saturated rings. The van der Waals surface area contributed by atoms with Crippen LogP contribution in [0, 0.1) is 5.92 Å². The standard InChI is InChI=1S/C36H50N4O/c41-35(27-37-20-22-38(23-21-37)31-16-8-3-9-17-31)39-26-34-32(29-12-4-1-5-13-29)24-36(28-39,40-18-10-11-19-40)25-33(34)30-14-6-2-7-15-30/h1-2,4-7,12-15,31-34H,3,8-11,16-28H2. The van der Waals surface area contributed by atoms with E-state index in [4.69, 9.17) is 0 Å². The molecular formula is C36H50N4O. The molecule has 5 heteroatoms. The molecular weight excluding hydrogens is 504 g/mol. The van der Waals surface area contributed by atoms with Gasteiger partial charge in [0.15, 0.2) is 0 Å². The quantitative estimate of drug-likeness (QED) is 0.466. The van der Waals surface area contributed by atoms with Crippen LogP contribution in [0.25, 0.3) is 0 Å². The monoisotopic (exact) mass is 554 g/mol. The highest BCUT2D eigenvalue weighted by molar-refractivity contribution is 5.78. The van der Waals surface area contributed by atoms with Crippen molar-refractivity contribution in [3.8, 4) is 0 Å². The first-order chi connectivity index (χ1) is 20.2. The Balaban J connectivity index is 1.14. The third-order valence-corrected chi connectivity index (χ3v) is 11.6. The molecule has 2 aromatic rings. The molecule has 2 bridgehead atoms. The van der Waals surface area contributed by atoms with E-state index >= 15 is 0 Å². The zero-order valence-corrected chi connectivity index (χ0v) is 25.0. The van der Waals surface area contributed by atoms with Crippen LogP contribution in [0.5, 0.6) is 0 Å². The second-order valence-electron chi connectivity index (χ2n) is 13.9. The Labute approximate surface area is 247 Å². The number of amides is 1. The Morgan fingerprint density at radius 1 is 0.707 bits per heavy atom. The summed E-state index contributed by atoms with van der Waals surface area (Å²) in [5, 5.41) is 0. The van der Waals surface area contributed by atoms with Gasteiger partial charge in [-0.15, -0.1) is 0 Å². The lowest BCUT2D eigenvalue weighted by atomic mass is 9.61. The topological polar surface area (TPSA) is 30.0 Å². The molecule has 2 atom stereocenters. The van der Waals surface area contributed by atoms with Gasteiger partial charge in [0, 0.05) is 50.8 Å². The lowest BCUT2D eigenvalue weighted by Gasteiger charge is -2.50. The highest BCUT2D eigenvalue weighted by Gasteiger charge is 2.54. The van der Waals surface area contributed by atoms with Gasteiger partial charge in [0.05, 0.1) is 6.54 Å². The minimum Gasteiger partial charge on any atom is -0.339 e. The Bertz CT molecular complexity index is 1090. The van der Waals surface area contributed by atoms with Gasteiger partial charge in [-0.05, 0) is 80.5 Å². The third-order valence-electron chi connectivity index (χ3n) is 11.6. The number of hydrogen-bond donors (Lipinski definition) is 0. The summed E-state index contributed by atoms with van der Waals surface area (Å²) in [7, 11) is 0. The van der Waals surface area contributed by atoms with Crippen LogP contribution in [0.15, 0.2) is 60.7 Å². The van der Waals surface area contributed by atoms with Crippen molar-refractivity contribution in [1.29, 1.82) is 0 Å². The van der Waals surface area contributed by atoms with Crippen molar-refractivity contribution in [1.82, 2.24) is 19.6 Å². The molecule has 8 rings (SSSR count). The molecule has 220 valence electrons. The molecule has 0 spiro atoms. The maximum Gasteiger partial charge on any atom is 0.236 e. The number of hydrogen-bond acceptors (Lipinski definition) is 4. The molecule has 0 radical (unpaired) electrons. The fourth-order valence-corrected chi connectivity index (χ4v) is 9.44. The van der Waals surface area contributed by atoms with Crippen LogP contribution in [0.3, 0.4) is 0 Å². The van der Waals surface area contributed by atoms with E-state index in [0.717, 1.165) is 45.3 Å². The van der Waals surface area contributed by atoms with E-state index in [0.29, 0.717) is 30.2 Å². The van der Waals surface area contributed by atoms with E-state index < -0.39 is 0 Å². The normalized spacial score (nSPS) is 32.3. The molecule has 4 heterocycles.